The van der Waals surface area contributed by atoms with Gasteiger partial charge in [-0.1, -0.05) is 16.8 Å². The fraction of sp³-hybridized carbons (Fsp3) is 0.158. The first-order valence-corrected chi connectivity index (χ1v) is 8.27. The number of benzene rings is 2. The Labute approximate surface area is 160 Å². The first-order valence-electron chi connectivity index (χ1n) is 7.89. The van der Waals surface area contributed by atoms with Crippen molar-refractivity contribution in [3.8, 4) is 28.6 Å². The molecule has 0 bridgehead atoms. The third kappa shape index (κ3) is 3.98. The summed E-state index contributed by atoms with van der Waals surface area (Å²) in [6, 6.07) is 11.9. The fourth-order valence-electron chi connectivity index (χ4n) is 2.42. The summed E-state index contributed by atoms with van der Waals surface area (Å²) in [5.74, 6) is 1.53. The van der Waals surface area contributed by atoms with Crippen molar-refractivity contribution in [1.29, 1.82) is 0 Å². The van der Waals surface area contributed by atoms with Crippen LogP contribution in [0.3, 0.4) is 0 Å². The monoisotopic (exact) mass is 388 g/mol. The molecule has 8 heteroatoms. The summed E-state index contributed by atoms with van der Waals surface area (Å²) in [6.07, 6.45) is 0. The maximum absolute atomic E-state index is 12.5. The van der Waals surface area contributed by atoms with Gasteiger partial charge in [0, 0.05) is 23.8 Å². The van der Waals surface area contributed by atoms with Crippen LogP contribution in [-0.2, 0) is 0 Å². The van der Waals surface area contributed by atoms with Gasteiger partial charge in [0.25, 0.3) is 5.91 Å². The number of hydrogen-bond acceptors (Lipinski definition) is 6. The summed E-state index contributed by atoms with van der Waals surface area (Å²) < 4.78 is 20.8. The van der Waals surface area contributed by atoms with E-state index in [0.717, 1.165) is 11.3 Å². The molecule has 3 rings (SSSR count). The van der Waals surface area contributed by atoms with E-state index in [4.69, 9.17) is 30.3 Å². The van der Waals surface area contributed by atoms with Gasteiger partial charge in [-0.3, -0.25) is 4.79 Å². The lowest BCUT2D eigenvalue weighted by Crippen LogP contribution is -2.13. The van der Waals surface area contributed by atoms with Crippen molar-refractivity contribution in [3.63, 3.8) is 0 Å². The number of methoxy groups -OCH3 is 3. The fourth-order valence-corrected chi connectivity index (χ4v) is 2.65. The van der Waals surface area contributed by atoms with E-state index in [1.165, 1.54) is 14.2 Å². The highest BCUT2D eigenvalue weighted by Crippen LogP contribution is 2.36. The largest absolute Gasteiger partial charge is 0.497 e. The normalized spacial score (nSPS) is 10.4. The number of nitrogens with one attached hydrogen (secondary N) is 1. The van der Waals surface area contributed by atoms with Gasteiger partial charge in [0.15, 0.2) is 11.5 Å². The number of hydrogen-bond donors (Lipinski definition) is 1. The molecular weight excluding hydrogens is 372 g/mol. The number of carbonyl (C=O) groups excluding carboxylic acids is 1. The highest BCUT2D eigenvalue weighted by molar-refractivity contribution is 6.32. The molecule has 1 aromatic heterocycles. The molecule has 0 atom stereocenters. The van der Waals surface area contributed by atoms with Crippen molar-refractivity contribution < 1.29 is 23.5 Å². The van der Waals surface area contributed by atoms with Crippen molar-refractivity contribution in [2.75, 3.05) is 26.6 Å². The standard InChI is InChI=1S/C19H17ClN2O5/c1-24-12-6-4-11(5-7-12)16-10-15(22-27-16)19(23)21-14-9-17(25-2)13(20)8-18(14)26-3/h4-10H,1-3H3,(H,21,23). The van der Waals surface area contributed by atoms with Crippen molar-refractivity contribution in [2.24, 2.45) is 0 Å². The summed E-state index contributed by atoms with van der Waals surface area (Å²) in [5, 5.41) is 6.92. The number of ether oxygens (including phenoxy) is 3. The third-order valence-electron chi connectivity index (χ3n) is 3.84. The van der Waals surface area contributed by atoms with Gasteiger partial charge in [0.05, 0.1) is 32.0 Å². The molecule has 0 saturated carbocycles. The SMILES string of the molecule is COc1ccc(-c2cc(C(=O)Nc3cc(OC)c(Cl)cc3OC)no2)cc1. The van der Waals surface area contributed by atoms with Gasteiger partial charge in [-0.25, -0.2) is 0 Å². The first kappa shape index (κ1) is 18.6. The van der Waals surface area contributed by atoms with Crippen LogP contribution < -0.4 is 19.5 Å². The number of amides is 1. The van der Waals surface area contributed by atoms with Gasteiger partial charge < -0.3 is 24.1 Å². The molecule has 0 aliphatic carbocycles. The van der Waals surface area contributed by atoms with E-state index >= 15 is 0 Å². The molecule has 1 heterocycles. The maximum atomic E-state index is 12.5. The molecule has 0 fully saturated rings. The second-order valence-corrected chi connectivity index (χ2v) is 5.85. The van der Waals surface area contributed by atoms with Crippen LogP contribution in [0, 0.1) is 0 Å². The van der Waals surface area contributed by atoms with Crippen LogP contribution in [0.25, 0.3) is 11.3 Å². The number of halogens is 1. The number of aromatic nitrogens is 1. The van der Waals surface area contributed by atoms with Gasteiger partial charge >= 0.3 is 0 Å². The molecule has 140 valence electrons. The Balaban J connectivity index is 1.82. The first-order chi connectivity index (χ1) is 13.0. The van der Waals surface area contributed by atoms with Crippen LogP contribution in [-0.4, -0.2) is 32.4 Å². The van der Waals surface area contributed by atoms with Crippen molar-refractivity contribution in [3.05, 3.63) is 53.2 Å². The number of carbonyl (C=O) groups is 1. The highest BCUT2D eigenvalue weighted by atomic mass is 35.5. The van der Waals surface area contributed by atoms with E-state index in [1.54, 1.807) is 37.4 Å². The Morgan fingerprint density at radius 1 is 1.00 bits per heavy atom. The van der Waals surface area contributed by atoms with E-state index in [2.05, 4.69) is 10.5 Å². The second kappa shape index (κ2) is 8.01. The molecule has 0 aliphatic rings. The van der Waals surface area contributed by atoms with Crippen LogP contribution in [0.4, 0.5) is 5.69 Å². The average molecular weight is 389 g/mol. The molecule has 27 heavy (non-hydrogen) atoms. The van der Waals surface area contributed by atoms with Crippen LogP contribution in [0.5, 0.6) is 17.2 Å². The summed E-state index contributed by atoms with van der Waals surface area (Å²) >= 11 is 6.07. The van der Waals surface area contributed by atoms with Crippen LogP contribution in [0.1, 0.15) is 10.5 Å². The lowest BCUT2D eigenvalue weighted by Gasteiger charge is -2.12. The zero-order valence-corrected chi connectivity index (χ0v) is 15.7. The Morgan fingerprint density at radius 3 is 2.33 bits per heavy atom. The van der Waals surface area contributed by atoms with Gasteiger partial charge in [0.2, 0.25) is 0 Å². The zero-order chi connectivity index (χ0) is 19.4. The van der Waals surface area contributed by atoms with Crippen molar-refractivity contribution in [1.82, 2.24) is 5.16 Å². The summed E-state index contributed by atoms with van der Waals surface area (Å²) in [5.41, 5.74) is 1.29. The molecule has 0 spiro atoms. The number of rotatable bonds is 6. The molecule has 0 aliphatic heterocycles. The minimum Gasteiger partial charge on any atom is -0.497 e. The van der Waals surface area contributed by atoms with E-state index in [9.17, 15) is 4.79 Å². The maximum Gasteiger partial charge on any atom is 0.277 e. The Hall–Kier alpha value is -3.19. The molecule has 0 unspecified atom stereocenters. The molecule has 0 radical (unpaired) electrons. The highest BCUT2D eigenvalue weighted by Gasteiger charge is 2.17. The summed E-state index contributed by atoms with van der Waals surface area (Å²) in [6.45, 7) is 0. The molecule has 3 aromatic rings. The van der Waals surface area contributed by atoms with E-state index in [-0.39, 0.29) is 5.69 Å². The molecule has 7 nitrogen and oxygen atoms in total. The minimum atomic E-state index is -0.457. The Kier molecular flexibility index (Phi) is 5.52. The smallest absolute Gasteiger partial charge is 0.277 e. The summed E-state index contributed by atoms with van der Waals surface area (Å²) in [7, 11) is 4.55. The van der Waals surface area contributed by atoms with E-state index in [1.807, 2.05) is 12.1 Å². The third-order valence-corrected chi connectivity index (χ3v) is 4.13. The van der Waals surface area contributed by atoms with Crippen molar-refractivity contribution in [2.45, 2.75) is 0 Å². The topological polar surface area (TPSA) is 82.8 Å². The molecule has 0 saturated heterocycles. The lowest BCUT2D eigenvalue weighted by atomic mass is 10.1. The van der Waals surface area contributed by atoms with Crippen LogP contribution >= 0.6 is 11.6 Å². The Morgan fingerprint density at radius 2 is 1.70 bits per heavy atom. The number of anilines is 1. The van der Waals surface area contributed by atoms with Gasteiger partial charge in [0.1, 0.15) is 17.2 Å². The lowest BCUT2D eigenvalue weighted by molar-refractivity contribution is 0.101. The van der Waals surface area contributed by atoms with Gasteiger partial charge in [-0.15, -0.1) is 0 Å². The summed E-state index contributed by atoms with van der Waals surface area (Å²) in [4.78, 5) is 12.5. The molecule has 2 aromatic carbocycles. The quantitative estimate of drug-likeness (QED) is 0.678. The average Bonchev–Trinajstić information content (AvgIpc) is 3.19. The van der Waals surface area contributed by atoms with E-state index in [0.29, 0.717) is 28.0 Å². The molecule has 1 amide bonds. The minimum absolute atomic E-state index is 0.122. The Bertz CT molecular complexity index is 953. The predicted molar refractivity (Wildman–Crippen MR) is 101 cm³/mol. The van der Waals surface area contributed by atoms with Gasteiger partial charge in [-0.05, 0) is 24.3 Å². The molecule has 1 N–H and O–H groups in total. The zero-order valence-electron chi connectivity index (χ0n) is 14.9. The number of nitrogens with zero attached hydrogens (tertiary/aromatic N) is 1. The van der Waals surface area contributed by atoms with Crippen molar-refractivity contribution >= 4 is 23.2 Å². The van der Waals surface area contributed by atoms with E-state index < -0.39 is 5.91 Å². The van der Waals surface area contributed by atoms with Crippen LogP contribution in [0.15, 0.2) is 47.0 Å². The van der Waals surface area contributed by atoms with Crippen LogP contribution in [0.2, 0.25) is 5.02 Å². The van der Waals surface area contributed by atoms with Gasteiger partial charge in [-0.2, -0.15) is 0 Å². The molecular formula is C19H17ClN2O5. The predicted octanol–water partition coefficient (Wildman–Crippen LogP) is 4.27. The second-order valence-electron chi connectivity index (χ2n) is 5.45.